The van der Waals surface area contributed by atoms with Crippen molar-refractivity contribution in [2.24, 2.45) is 0 Å². The molecule has 44 heavy (non-hydrogen) atoms. The van der Waals surface area contributed by atoms with Crippen molar-refractivity contribution in [2.45, 2.75) is 12.8 Å². The Morgan fingerprint density at radius 3 is 0.977 bits per heavy atom. The number of fused-ring (bicyclic) bond motifs is 6. The quantitative estimate of drug-likeness (QED) is 0.201. The van der Waals surface area contributed by atoms with Crippen molar-refractivity contribution >= 4 is 0 Å². The Balaban J connectivity index is 1.33. The van der Waals surface area contributed by atoms with E-state index in [1.807, 2.05) is 0 Å². The highest BCUT2D eigenvalue weighted by molar-refractivity contribution is 6.06. The molecule has 7 aromatic carbocycles. The van der Waals surface area contributed by atoms with E-state index in [4.69, 9.17) is 0 Å². The highest BCUT2D eigenvalue weighted by Crippen LogP contribution is 2.56. The van der Waals surface area contributed by atoms with Gasteiger partial charge in [0.15, 0.2) is 0 Å². The van der Waals surface area contributed by atoms with Gasteiger partial charge in [0.25, 0.3) is 0 Å². The van der Waals surface area contributed by atoms with Gasteiger partial charge < -0.3 is 0 Å². The van der Waals surface area contributed by atoms with Gasteiger partial charge in [-0.15, -0.1) is 0 Å². The summed E-state index contributed by atoms with van der Waals surface area (Å²) in [4.78, 5) is 0. The van der Waals surface area contributed by atoms with Crippen LogP contribution in [0.3, 0.4) is 0 Å². The standard InChI is InChI=1S/C44H30/c1-5-13-29(14-6-1)33-21-23-37-35(25-33)27-39-41(31-17-9-3-10-18-31)44-38-24-22-34(30-15-7-2-8-16-30)26-36(38)28-40(44)42(43(37)39)32-19-11-4-12-20-32/h1-26H,27-28H2. The Bertz CT molecular complexity index is 2010. The first kappa shape index (κ1) is 25.1. The van der Waals surface area contributed by atoms with Crippen molar-refractivity contribution in [3.05, 3.63) is 180 Å². The maximum Gasteiger partial charge on any atom is -0.000661 e. The molecule has 2 aliphatic rings. The second-order valence-electron chi connectivity index (χ2n) is 12.0. The van der Waals surface area contributed by atoms with Crippen molar-refractivity contribution in [3.8, 4) is 66.8 Å². The van der Waals surface area contributed by atoms with Crippen molar-refractivity contribution < 1.29 is 0 Å². The topological polar surface area (TPSA) is 0 Å². The molecule has 0 heteroatoms. The molecule has 0 heterocycles. The third kappa shape index (κ3) is 3.92. The minimum atomic E-state index is 0.931. The lowest BCUT2D eigenvalue weighted by molar-refractivity contribution is 1.24. The maximum atomic E-state index is 2.43. The molecule has 0 saturated carbocycles. The fourth-order valence-electron chi connectivity index (χ4n) is 7.62. The summed E-state index contributed by atoms with van der Waals surface area (Å²) >= 11 is 0. The molecule has 0 spiro atoms. The van der Waals surface area contributed by atoms with Crippen LogP contribution in [0.15, 0.2) is 158 Å². The van der Waals surface area contributed by atoms with E-state index in [2.05, 4.69) is 158 Å². The highest BCUT2D eigenvalue weighted by atomic mass is 14.4. The lowest BCUT2D eigenvalue weighted by Gasteiger charge is -2.22. The fraction of sp³-hybridized carbons (Fsp3) is 0.0455. The smallest absolute Gasteiger partial charge is 0.000661 e. The van der Waals surface area contributed by atoms with Crippen molar-refractivity contribution in [3.63, 3.8) is 0 Å². The van der Waals surface area contributed by atoms with Gasteiger partial charge in [-0.05, 0) is 102 Å². The minimum absolute atomic E-state index is 0.931. The van der Waals surface area contributed by atoms with Gasteiger partial charge in [0.2, 0.25) is 0 Å². The van der Waals surface area contributed by atoms with E-state index in [0.717, 1.165) is 12.8 Å². The zero-order chi connectivity index (χ0) is 29.0. The van der Waals surface area contributed by atoms with E-state index in [9.17, 15) is 0 Å². The third-order valence-electron chi connectivity index (χ3n) is 9.53. The number of hydrogen-bond donors (Lipinski definition) is 0. The second kappa shape index (κ2) is 10.1. The molecule has 0 nitrogen and oxygen atoms in total. The number of hydrogen-bond acceptors (Lipinski definition) is 0. The molecule has 7 aromatic rings. The van der Waals surface area contributed by atoms with Gasteiger partial charge in [-0.1, -0.05) is 158 Å². The molecular weight excluding hydrogens is 528 g/mol. The van der Waals surface area contributed by atoms with Crippen molar-refractivity contribution in [2.75, 3.05) is 0 Å². The molecule has 0 radical (unpaired) electrons. The van der Waals surface area contributed by atoms with Crippen LogP contribution in [0, 0.1) is 0 Å². The van der Waals surface area contributed by atoms with Gasteiger partial charge in [0.05, 0.1) is 0 Å². The molecule has 0 N–H and O–H groups in total. The van der Waals surface area contributed by atoms with Crippen LogP contribution in [-0.2, 0) is 12.8 Å². The Kier molecular flexibility index (Phi) is 5.74. The van der Waals surface area contributed by atoms with E-state index in [-0.39, 0.29) is 0 Å². The molecule has 0 fully saturated rings. The summed E-state index contributed by atoms with van der Waals surface area (Å²) < 4.78 is 0. The Morgan fingerprint density at radius 1 is 0.273 bits per heavy atom. The van der Waals surface area contributed by atoms with Crippen LogP contribution in [0.5, 0.6) is 0 Å². The zero-order valence-electron chi connectivity index (χ0n) is 24.4. The van der Waals surface area contributed by atoms with Gasteiger partial charge >= 0.3 is 0 Å². The first-order valence-corrected chi connectivity index (χ1v) is 15.5. The second-order valence-corrected chi connectivity index (χ2v) is 12.0. The minimum Gasteiger partial charge on any atom is -0.0622 e. The van der Waals surface area contributed by atoms with Crippen molar-refractivity contribution in [1.29, 1.82) is 0 Å². The Morgan fingerprint density at radius 2 is 0.614 bits per heavy atom. The van der Waals surface area contributed by atoms with Crippen LogP contribution in [0.1, 0.15) is 22.3 Å². The summed E-state index contributed by atoms with van der Waals surface area (Å²) in [6.07, 6.45) is 1.86. The SMILES string of the molecule is c1ccc(-c2ccc3c(c2)Cc2c(-c4ccccc4)c4c(c(-c5ccccc5)c2-3)Cc2cc(-c3ccccc3)ccc2-4)cc1. The predicted molar refractivity (Wildman–Crippen MR) is 185 cm³/mol. The molecule has 0 unspecified atom stereocenters. The lowest BCUT2D eigenvalue weighted by Crippen LogP contribution is -1.99. The molecular formula is C44H30. The van der Waals surface area contributed by atoms with Gasteiger partial charge in [0, 0.05) is 0 Å². The van der Waals surface area contributed by atoms with E-state index in [1.54, 1.807) is 0 Å². The van der Waals surface area contributed by atoms with E-state index in [0.29, 0.717) is 0 Å². The first-order valence-electron chi connectivity index (χ1n) is 15.5. The molecule has 0 bridgehead atoms. The summed E-state index contributed by atoms with van der Waals surface area (Å²) in [5, 5.41) is 0. The largest absolute Gasteiger partial charge is 0.0622 e. The van der Waals surface area contributed by atoms with Crippen LogP contribution < -0.4 is 0 Å². The molecule has 9 rings (SSSR count). The van der Waals surface area contributed by atoms with Gasteiger partial charge in [-0.3, -0.25) is 0 Å². The van der Waals surface area contributed by atoms with Gasteiger partial charge in [-0.2, -0.15) is 0 Å². The van der Waals surface area contributed by atoms with Crippen LogP contribution in [0.25, 0.3) is 66.8 Å². The number of rotatable bonds is 4. The van der Waals surface area contributed by atoms with Crippen LogP contribution in [0.2, 0.25) is 0 Å². The predicted octanol–water partition coefficient (Wildman–Crippen LogP) is 11.5. The van der Waals surface area contributed by atoms with Crippen molar-refractivity contribution in [1.82, 2.24) is 0 Å². The lowest BCUT2D eigenvalue weighted by atomic mass is 9.81. The highest BCUT2D eigenvalue weighted by Gasteiger charge is 2.35. The molecule has 0 aromatic heterocycles. The van der Waals surface area contributed by atoms with E-state index >= 15 is 0 Å². The normalized spacial score (nSPS) is 12.4. The van der Waals surface area contributed by atoms with Gasteiger partial charge in [-0.25, -0.2) is 0 Å². The maximum absolute atomic E-state index is 2.43. The summed E-state index contributed by atoms with van der Waals surface area (Å²) in [5.74, 6) is 0. The summed E-state index contributed by atoms with van der Waals surface area (Å²) in [7, 11) is 0. The summed E-state index contributed by atoms with van der Waals surface area (Å²) in [6.45, 7) is 0. The molecule has 206 valence electrons. The zero-order valence-corrected chi connectivity index (χ0v) is 24.4. The van der Waals surface area contributed by atoms with E-state index in [1.165, 1.54) is 89.0 Å². The molecule has 0 amide bonds. The fourth-order valence-corrected chi connectivity index (χ4v) is 7.62. The summed E-state index contributed by atoms with van der Waals surface area (Å²) in [6, 6.07) is 58.0. The Hall–Kier alpha value is -5.46. The van der Waals surface area contributed by atoms with Crippen LogP contribution in [-0.4, -0.2) is 0 Å². The molecule has 2 aliphatic carbocycles. The molecule has 0 saturated heterocycles. The molecule has 0 atom stereocenters. The monoisotopic (exact) mass is 558 g/mol. The third-order valence-corrected chi connectivity index (χ3v) is 9.53. The van der Waals surface area contributed by atoms with Gasteiger partial charge in [0.1, 0.15) is 0 Å². The summed E-state index contributed by atoms with van der Waals surface area (Å²) in [5.41, 5.74) is 21.8. The average molecular weight is 559 g/mol. The average Bonchev–Trinajstić information content (AvgIpc) is 3.66. The molecule has 0 aliphatic heterocycles. The Labute approximate surface area is 258 Å². The van der Waals surface area contributed by atoms with E-state index < -0.39 is 0 Å². The van der Waals surface area contributed by atoms with Crippen LogP contribution in [0.4, 0.5) is 0 Å². The first-order chi connectivity index (χ1) is 21.8. The number of benzene rings is 7. The van der Waals surface area contributed by atoms with Crippen LogP contribution >= 0.6 is 0 Å².